The summed E-state index contributed by atoms with van der Waals surface area (Å²) < 4.78 is 25.4. The monoisotopic (exact) mass is 507 g/mol. The number of ether oxygens (including phenoxy) is 2. The molecular weight excluding hydrogens is 469 g/mol. The third-order valence-corrected chi connectivity index (χ3v) is 8.50. The fourth-order valence-electron chi connectivity index (χ4n) is 6.73. The van der Waals surface area contributed by atoms with Crippen molar-refractivity contribution in [3.8, 4) is 11.5 Å². The highest BCUT2D eigenvalue weighted by Gasteiger charge is 2.54. The van der Waals surface area contributed by atoms with E-state index in [0.29, 0.717) is 24.2 Å². The molecule has 0 unspecified atom stereocenters. The molecule has 2 aromatic carbocycles. The molecule has 0 saturated carbocycles. The molecule has 6 nitrogen and oxygen atoms in total. The van der Waals surface area contributed by atoms with E-state index in [4.69, 9.17) is 9.47 Å². The van der Waals surface area contributed by atoms with Gasteiger partial charge in [0.25, 0.3) is 0 Å². The maximum Gasteiger partial charge on any atom is 0.325 e. The Hall–Kier alpha value is -3.06. The van der Waals surface area contributed by atoms with E-state index in [9.17, 15) is 9.18 Å². The highest BCUT2D eigenvalue weighted by Crippen LogP contribution is 2.49. The Bertz CT molecular complexity index is 1230. The number of hydrogen-bond donors (Lipinski definition) is 0. The molecule has 0 radical (unpaired) electrons. The van der Waals surface area contributed by atoms with Gasteiger partial charge in [0.05, 0.1) is 26.3 Å². The first-order valence-corrected chi connectivity index (χ1v) is 13.3. The van der Waals surface area contributed by atoms with Crippen LogP contribution < -0.4 is 9.47 Å². The number of urea groups is 1. The minimum Gasteiger partial charge on any atom is -0.497 e. The predicted octanol–water partition coefficient (Wildman–Crippen LogP) is 5.75. The summed E-state index contributed by atoms with van der Waals surface area (Å²) in [5.74, 6) is 1.52. The van der Waals surface area contributed by atoms with E-state index in [1.54, 1.807) is 14.2 Å². The Morgan fingerprint density at radius 3 is 2.32 bits per heavy atom. The number of amides is 2. The largest absolute Gasteiger partial charge is 0.497 e. The van der Waals surface area contributed by atoms with Crippen molar-refractivity contribution in [2.75, 3.05) is 33.9 Å². The van der Waals surface area contributed by atoms with Crippen molar-refractivity contribution >= 4 is 6.03 Å². The van der Waals surface area contributed by atoms with E-state index in [1.807, 2.05) is 43.0 Å². The maximum atomic E-state index is 14.1. The quantitative estimate of drug-likeness (QED) is 0.517. The molecule has 198 valence electrons. The van der Waals surface area contributed by atoms with Crippen LogP contribution in [0.3, 0.4) is 0 Å². The fourth-order valence-corrected chi connectivity index (χ4v) is 6.73. The fraction of sp³-hybridized carbons (Fsp3) is 0.500. The van der Waals surface area contributed by atoms with Crippen LogP contribution >= 0.6 is 0 Å². The van der Waals surface area contributed by atoms with Crippen molar-refractivity contribution in [3.05, 3.63) is 69.7 Å². The number of nitrogens with zero attached hydrogens (tertiary/aromatic N) is 3. The number of carbonyl (C=O) groups excluding carboxylic acids is 1. The maximum absolute atomic E-state index is 14.1. The van der Waals surface area contributed by atoms with Crippen molar-refractivity contribution in [3.63, 3.8) is 0 Å². The number of piperidine rings is 1. The van der Waals surface area contributed by atoms with Gasteiger partial charge in [-0.1, -0.05) is 25.1 Å². The van der Waals surface area contributed by atoms with Gasteiger partial charge in [0.2, 0.25) is 0 Å². The van der Waals surface area contributed by atoms with Crippen molar-refractivity contribution < 1.29 is 18.7 Å². The van der Waals surface area contributed by atoms with Gasteiger partial charge in [-0.2, -0.15) is 0 Å². The lowest BCUT2D eigenvalue weighted by Gasteiger charge is -2.44. The highest BCUT2D eigenvalue weighted by molar-refractivity contribution is 5.83. The number of likely N-dealkylation sites (N-methyl/N-ethyl adjacent to an activating group) is 1. The lowest BCUT2D eigenvalue weighted by molar-refractivity contribution is 0.0887. The van der Waals surface area contributed by atoms with E-state index >= 15 is 0 Å². The molecule has 3 aliphatic heterocycles. The summed E-state index contributed by atoms with van der Waals surface area (Å²) in [5.41, 5.74) is 5.53. The van der Waals surface area contributed by atoms with Gasteiger partial charge in [-0.15, -0.1) is 0 Å². The molecule has 0 aromatic heterocycles. The SMILES string of the molecule is CCN1C(=O)N2Cc3cc(OC)cc(OC)c3[C@@H](C)C=C2C12CCN(Cc1cc(C)c(F)c(C)c1)CC2. The van der Waals surface area contributed by atoms with Gasteiger partial charge in [-0.3, -0.25) is 9.80 Å². The first-order chi connectivity index (χ1) is 17.7. The first-order valence-electron chi connectivity index (χ1n) is 13.3. The summed E-state index contributed by atoms with van der Waals surface area (Å²) in [6.45, 7) is 11.7. The van der Waals surface area contributed by atoms with E-state index in [1.165, 1.54) is 0 Å². The van der Waals surface area contributed by atoms with Gasteiger partial charge < -0.3 is 14.4 Å². The number of halogens is 1. The van der Waals surface area contributed by atoms with Gasteiger partial charge >= 0.3 is 6.03 Å². The summed E-state index contributed by atoms with van der Waals surface area (Å²) in [6, 6.07) is 7.96. The number of fused-ring (bicyclic) bond motifs is 3. The Morgan fingerprint density at radius 2 is 1.73 bits per heavy atom. The summed E-state index contributed by atoms with van der Waals surface area (Å²) in [7, 11) is 3.34. The second-order valence-corrected chi connectivity index (χ2v) is 10.7. The predicted molar refractivity (Wildman–Crippen MR) is 142 cm³/mol. The summed E-state index contributed by atoms with van der Waals surface area (Å²) in [5, 5.41) is 0. The molecule has 3 heterocycles. The average Bonchev–Trinajstić information content (AvgIpc) is 2.99. The van der Waals surface area contributed by atoms with Gasteiger partial charge in [-0.05, 0) is 61.9 Å². The van der Waals surface area contributed by atoms with Crippen molar-refractivity contribution in [1.82, 2.24) is 14.7 Å². The molecule has 0 aliphatic carbocycles. The normalized spacial score (nSPS) is 21.0. The van der Waals surface area contributed by atoms with E-state index in [2.05, 4.69) is 29.7 Å². The Labute approximate surface area is 219 Å². The highest BCUT2D eigenvalue weighted by atomic mass is 19.1. The van der Waals surface area contributed by atoms with Crippen LogP contribution in [0.25, 0.3) is 0 Å². The van der Waals surface area contributed by atoms with Crippen molar-refractivity contribution in [1.29, 1.82) is 0 Å². The second-order valence-electron chi connectivity index (χ2n) is 10.7. The smallest absolute Gasteiger partial charge is 0.325 e. The number of carbonyl (C=O) groups is 1. The number of allylic oxidation sites excluding steroid dienone is 1. The first kappa shape index (κ1) is 25.6. The summed E-state index contributed by atoms with van der Waals surface area (Å²) in [6.07, 6.45) is 4.03. The Balaban J connectivity index is 1.45. The van der Waals surface area contributed by atoms with E-state index < -0.39 is 0 Å². The summed E-state index contributed by atoms with van der Waals surface area (Å²) in [4.78, 5) is 20.3. The van der Waals surface area contributed by atoms with Gasteiger partial charge in [-0.25, -0.2) is 9.18 Å². The Kier molecular flexibility index (Phi) is 6.69. The zero-order valence-corrected chi connectivity index (χ0v) is 22.9. The Morgan fingerprint density at radius 1 is 1.05 bits per heavy atom. The summed E-state index contributed by atoms with van der Waals surface area (Å²) >= 11 is 0. The molecule has 1 spiro atoms. The van der Waals surface area contributed by atoms with Crippen LogP contribution in [0.5, 0.6) is 11.5 Å². The molecule has 3 aliphatic rings. The number of aryl methyl sites for hydroxylation is 2. The zero-order valence-electron chi connectivity index (χ0n) is 22.9. The number of methoxy groups -OCH3 is 2. The van der Waals surface area contributed by atoms with Crippen LogP contribution in [-0.4, -0.2) is 60.1 Å². The third kappa shape index (κ3) is 4.17. The van der Waals surface area contributed by atoms with Crippen LogP contribution in [-0.2, 0) is 13.1 Å². The van der Waals surface area contributed by atoms with E-state index in [0.717, 1.165) is 66.4 Å². The molecule has 2 fully saturated rings. The molecule has 5 rings (SSSR count). The minimum atomic E-state index is -0.315. The van der Waals surface area contributed by atoms with Crippen molar-refractivity contribution in [2.24, 2.45) is 0 Å². The van der Waals surface area contributed by atoms with Crippen LogP contribution in [0.15, 0.2) is 36.0 Å². The number of benzene rings is 2. The van der Waals surface area contributed by atoms with Crippen LogP contribution in [0.1, 0.15) is 60.4 Å². The lowest BCUT2D eigenvalue weighted by Crippen LogP contribution is -2.53. The molecule has 7 heteroatoms. The molecule has 0 bridgehead atoms. The van der Waals surface area contributed by atoms with Gasteiger partial charge in [0.15, 0.2) is 0 Å². The molecule has 2 saturated heterocycles. The molecular formula is C30H38FN3O3. The molecule has 2 aromatic rings. The zero-order chi connectivity index (χ0) is 26.5. The van der Waals surface area contributed by atoms with Crippen LogP contribution in [0.4, 0.5) is 9.18 Å². The number of hydrogen-bond acceptors (Lipinski definition) is 4. The van der Waals surface area contributed by atoms with Gasteiger partial charge in [0.1, 0.15) is 17.3 Å². The average molecular weight is 508 g/mol. The topological polar surface area (TPSA) is 45.3 Å². The standard InChI is InChI=1S/C30H38FN3O3/c1-7-34-29(35)33-18-23-15-24(36-5)16-25(37-6)27(23)19(2)14-26(33)30(34)8-10-32(11-9-30)17-22-12-20(3)28(31)21(4)13-22/h12-16,19H,7-11,17-18H2,1-6H3/t19-/m0/s1. The molecule has 0 N–H and O–H groups in total. The molecule has 37 heavy (non-hydrogen) atoms. The van der Waals surface area contributed by atoms with Crippen molar-refractivity contribution in [2.45, 2.75) is 65.1 Å². The molecule has 2 amide bonds. The lowest BCUT2D eigenvalue weighted by atomic mass is 9.82. The molecule has 1 atom stereocenters. The van der Waals surface area contributed by atoms with Gasteiger partial charge in [0, 0.05) is 49.4 Å². The number of likely N-dealkylation sites (tertiary alicyclic amines) is 1. The second kappa shape index (κ2) is 9.67. The minimum absolute atomic E-state index is 0.0776. The third-order valence-electron chi connectivity index (χ3n) is 8.50. The van der Waals surface area contributed by atoms with Crippen LogP contribution in [0.2, 0.25) is 0 Å². The number of rotatable bonds is 5. The van der Waals surface area contributed by atoms with E-state index in [-0.39, 0.29) is 23.3 Å². The van der Waals surface area contributed by atoms with Crippen LogP contribution in [0, 0.1) is 19.7 Å².